The molecule has 0 radical (unpaired) electrons. The third kappa shape index (κ3) is 2.56. The third-order valence-electron chi connectivity index (χ3n) is 3.67. The summed E-state index contributed by atoms with van der Waals surface area (Å²) in [6, 6.07) is 1.93. The van der Waals surface area contributed by atoms with Gasteiger partial charge < -0.3 is 4.42 Å². The van der Waals surface area contributed by atoms with Crippen LogP contribution in [0.5, 0.6) is 0 Å². The SMILES string of the molecule is Cn1nccc1-c1nnc(NC(=O)C2CCCCC2)o1. The van der Waals surface area contributed by atoms with Gasteiger partial charge in [0.05, 0.1) is 0 Å². The van der Waals surface area contributed by atoms with Gasteiger partial charge >= 0.3 is 6.01 Å². The van der Waals surface area contributed by atoms with Gasteiger partial charge in [-0.2, -0.15) is 5.10 Å². The minimum absolute atomic E-state index is 0.0232. The molecule has 1 saturated carbocycles. The minimum Gasteiger partial charge on any atom is -0.401 e. The Hall–Kier alpha value is -2.18. The van der Waals surface area contributed by atoms with Crippen molar-refractivity contribution in [2.45, 2.75) is 32.1 Å². The largest absolute Gasteiger partial charge is 0.401 e. The second-order valence-corrected chi connectivity index (χ2v) is 5.08. The van der Waals surface area contributed by atoms with E-state index in [9.17, 15) is 4.79 Å². The average molecular weight is 275 g/mol. The van der Waals surface area contributed by atoms with Crippen molar-refractivity contribution in [2.24, 2.45) is 13.0 Å². The molecule has 0 aromatic carbocycles. The molecule has 0 atom stereocenters. The van der Waals surface area contributed by atoms with Gasteiger partial charge in [-0.3, -0.25) is 14.8 Å². The number of carbonyl (C=O) groups excluding carboxylic acids is 1. The van der Waals surface area contributed by atoms with E-state index in [-0.39, 0.29) is 17.8 Å². The molecule has 7 nitrogen and oxygen atoms in total. The van der Waals surface area contributed by atoms with Crippen LogP contribution in [-0.4, -0.2) is 25.9 Å². The molecule has 0 spiro atoms. The lowest BCUT2D eigenvalue weighted by Gasteiger charge is -2.19. The van der Waals surface area contributed by atoms with Crippen molar-refractivity contribution in [3.8, 4) is 11.6 Å². The summed E-state index contributed by atoms with van der Waals surface area (Å²) >= 11 is 0. The summed E-state index contributed by atoms with van der Waals surface area (Å²) in [7, 11) is 1.79. The first-order chi connectivity index (χ1) is 9.74. The monoisotopic (exact) mass is 275 g/mol. The van der Waals surface area contributed by atoms with Crippen molar-refractivity contribution in [3.05, 3.63) is 12.3 Å². The summed E-state index contributed by atoms with van der Waals surface area (Å²) in [5.74, 6) is 0.393. The zero-order valence-electron chi connectivity index (χ0n) is 11.4. The van der Waals surface area contributed by atoms with E-state index in [1.54, 1.807) is 24.0 Å². The molecular formula is C13H17N5O2. The first-order valence-electron chi connectivity index (χ1n) is 6.87. The highest BCUT2D eigenvalue weighted by atomic mass is 16.4. The number of hydrogen-bond donors (Lipinski definition) is 1. The van der Waals surface area contributed by atoms with Crippen LogP contribution >= 0.6 is 0 Å². The zero-order valence-corrected chi connectivity index (χ0v) is 11.4. The molecule has 20 heavy (non-hydrogen) atoms. The Kier molecular flexibility index (Phi) is 3.49. The number of nitrogens with zero attached hydrogens (tertiary/aromatic N) is 4. The predicted molar refractivity (Wildman–Crippen MR) is 71.7 cm³/mol. The van der Waals surface area contributed by atoms with E-state index in [4.69, 9.17) is 4.42 Å². The molecule has 1 aliphatic rings. The Bertz CT molecular complexity index is 597. The van der Waals surface area contributed by atoms with E-state index in [1.165, 1.54) is 6.42 Å². The average Bonchev–Trinajstić information content (AvgIpc) is 3.08. The maximum atomic E-state index is 12.1. The number of anilines is 1. The molecule has 3 rings (SSSR count). The molecule has 2 aromatic rings. The highest BCUT2D eigenvalue weighted by Gasteiger charge is 2.23. The fraction of sp³-hybridized carbons (Fsp3) is 0.538. The van der Waals surface area contributed by atoms with E-state index in [0.29, 0.717) is 5.89 Å². The van der Waals surface area contributed by atoms with Gasteiger partial charge in [0.15, 0.2) is 0 Å². The van der Waals surface area contributed by atoms with Gasteiger partial charge in [-0.05, 0) is 18.9 Å². The summed E-state index contributed by atoms with van der Waals surface area (Å²) in [5, 5.41) is 14.5. The van der Waals surface area contributed by atoms with Crippen LogP contribution in [0.25, 0.3) is 11.6 Å². The Balaban J connectivity index is 1.68. The van der Waals surface area contributed by atoms with Crippen molar-refractivity contribution in [2.75, 3.05) is 5.32 Å². The first-order valence-corrected chi connectivity index (χ1v) is 6.87. The standard InChI is InChI=1S/C13H17N5O2/c1-18-10(7-8-14-18)12-16-17-13(20-12)15-11(19)9-5-3-2-4-6-9/h7-9H,2-6H2,1H3,(H,15,17,19). The number of amides is 1. The fourth-order valence-corrected chi connectivity index (χ4v) is 2.53. The van der Waals surface area contributed by atoms with Crippen molar-refractivity contribution in [1.82, 2.24) is 20.0 Å². The molecule has 0 unspecified atom stereocenters. The van der Waals surface area contributed by atoms with Crippen molar-refractivity contribution in [1.29, 1.82) is 0 Å². The third-order valence-corrected chi connectivity index (χ3v) is 3.67. The van der Waals surface area contributed by atoms with Gasteiger partial charge in [-0.1, -0.05) is 24.4 Å². The Morgan fingerprint density at radius 3 is 2.85 bits per heavy atom. The van der Waals surface area contributed by atoms with Gasteiger partial charge in [0.1, 0.15) is 5.69 Å². The number of carbonyl (C=O) groups is 1. The maximum absolute atomic E-state index is 12.1. The van der Waals surface area contributed by atoms with Gasteiger partial charge in [0.25, 0.3) is 5.89 Å². The van der Waals surface area contributed by atoms with E-state index in [0.717, 1.165) is 31.4 Å². The van der Waals surface area contributed by atoms with E-state index in [2.05, 4.69) is 20.6 Å². The number of aromatic nitrogens is 4. The number of aryl methyl sites for hydroxylation is 1. The molecule has 106 valence electrons. The Morgan fingerprint density at radius 2 is 2.15 bits per heavy atom. The molecule has 1 fully saturated rings. The van der Waals surface area contributed by atoms with E-state index >= 15 is 0 Å². The molecule has 2 heterocycles. The van der Waals surface area contributed by atoms with Gasteiger partial charge in [0, 0.05) is 19.2 Å². The van der Waals surface area contributed by atoms with Crippen LogP contribution < -0.4 is 5.32 Å². The quantitative estimate of drug-likeness (QED) is 0.925. The second kappa shape index (κ2) is 5.44. The summed E-state index contributed by atoms with van der Waals surface area (Å²) in [6.07, 6.45) is 6.97. The topological polar surface area (TPSA) is 85.8 Å². The second-order valence-electron chi connectivity index (χ2n) is 5.08. The zero-order chi connectivity index (χ0) is 13.9. The molecule has 2 aromatic heterocycles. The summed E-state index contributed by atoms with van der Waals surface area (Å²) in [4.78, 5) is 12.1. The predicted octanol–water partition coefficient (Wildman–Crippen LogP) is 1.99. The van der Waals surface area contributed by atoms with E-state index < -0.39 is 0 Å². The van der Waals surface area contributed by atoms with Crippen LogP contribution in [0.4, 0.5) is 6.01 Å². The molecule has 1 aliphatic carbocycles. The molecular weight excluding hydrogens is 258 g/mol. The highest BCUT2D eigenvalue weighted by Crippen LogP contribution is 2.25. The van der Waals surface area contributed by atoms with Gasteiger partial charge in [-0.25, -0.2) is 0 Å². The van der Waals surface area contributed by atoms with Crippen molar-refractivity contribution >= 4 is 11.9 Å². The van der Waals surface area contributed by atoms with Crippen LogP contribution in [0.15, 0.2) is 16.7 Å². The van der Waals surface area contributed by atoms with E-state index in [1.807, 2.05) is 0 Å². The summed E-state index contributed by atoms with van der Waals surface area (Å²) in [5.41, 5.74) is 0.718. The number of rotatable bonds is 3. The molecule has 1 amide bonds. The van der Waals surface area contributed by atoms with Crippen molar-refractivity contribution in [3.63, 3.8) is 0 Å². The molecule has 0 saturated heterocycles. The maximum Gasteiger partial charge on any atom is 0.322 e. The van der Waals surface area contributed by atoms with Crippen LogP contribution in [0.3, 0.4) is 0 Å². The fourth-order valence-electron chi connectivity index (χ4n) is 2.53. The lowest BCUT2D eigenvalue weighted by molar-refractivity contribution is -0.120. The lowest BCUT2D eigenvalue weighted by atomic mass is 9.89. The molecule has 1 N–H and O–H groups in total. The van der Waals surface area contributed by atoms with Crippen molar-refractivity contribution < 1.29 is 9.21 Å². The van der Waals surface area contributed by atoms with Gasteiger partial charge in [-0.15, -0.1) is 5.10 Å². The number of nitrogens with one attached hydrogen (secondary N) is 1. The highest BCUT2D eigenvalue weighted by molar-refractivity contribution is 5.90. The molecule has 0 bridgehead atoms. The Labute approximate surface area is 116 Å². The van der Waals surface area contributed by atoms with Crippen LogP contribution in [-0.2, 0) is 11.8 Å². The Morgan fingerprint density at radius 1 is 1.35 bits per heavy atom. The van der Waals surface area contributed by atoms with Crippen LogP contribution in [0.2, 0.25) is 0 Å². The lowest BCUT2D eigenvalue weighted by Crippen LogP contribution is -2.24. The molecule has 0 aliphatic heterocycles. The van der Waals surface area contributed by atoms with Crippen LogP contribution in [0, 0.1) is 5.92 Å². The summed E-state index contributed by atoms with van der Waals surface area (Å²) in [6.45, 7) is 0. The smallest absolute Gasteiger partial charge is 0.322 e. The minimum atomic E-state index is -0.0232. The molecule has 7 heteroatoms. The normalized spacial score (nSPS) is 16.2. The number of hydrogen-bond acceptors (Lipinski definition) is 5. The summed E-state index contributed by atoms with van der Waals surface area (Å²) < 4.78 is 7.09. The van der Waals surface area contributed by atoms with Gasteiger partial charge in [0.2, 0.25) is 5.91 Å². The van der Waals surface area contributed by atoms with Crippen LogP contribution in [0.1, 0.15) is 32.1 Å². The first kappa shape index (κ1) is 12.8.